The molecule has 1 heterocycles. The van der Waals surface area contributed by atoms with Crippen molar-refractivity contribution in [2.75, 3.05) is 38.3 Å². The van der Waals surface area contributed by atoms with Crippen LogP contribution in [-0.4, -0.2) is 33.4 Å². The van der Waals surface area contributed by atoms with Gasteiger partial charge in [-0.1, -0.05) is 13.0 Å². The number of rotatable bonds is 6. The molecule has 2 unspecified atom stereocenters. The minimum atomic E-state index is 0.392. The zero-order valence-corrected chi connectivity index (χ0v) is 14.9. The van der Waals surface area contributed by atoms with Crippen LogP contribution in [0.5, 0.6) is 0 Å². The molecule has 0 amide bonds. The first kappa shape index (κ1) is 16.8. The molecule has 1 fully saturated rings. The predicted molar refractivity (Wildman–Crippen MR) is 93.0 cm³/mol. The molecule has 2 rings (SSSR count). The first-order chi connectivity index (χ1) is 10.2. The number of benzene rings is 1. The van der Waals surface area contributed by atoms with Gasteiger partial charge < -0.3 is 15.0 Å². The number of nitrogens with one attached hydrogen (secondary N) is 1. The van der Waals surface area contributed by atoms with E-state index < -0.39 is 0 Å². The number of ether oxygens (including phenoxy) is 1. The van der Waals surface area contributed by atoms with E-state index in [4.69, 9.17) is 4.74 Å². The number of nitrogens with zero attached hydrogens (tertiary/aromatic N) is 1. The van der Waals surface area contributed by atoms with Crippen molar-refractivity contribution < 1.29 is 4.74 Å². The molecule has 21 heavy (non-hydrogen) atoms. The Bertz CT molecular complexity index is 450. The van der Waals surface area contributed by atoms with Crippen molar-refractivity contribution in [1.82, 2.24) is 5.32 Å². The molecule has 1 aromatic rings. The van der Waals surface area contributed by atoms with Crippen LogP contribution in [0, 0.1) is 5.92 Å². The minimum Gasteiger partial charge on any atom is -0.384 e. The molecule has 0 radical (unpaired) electrons. The lowest BCUT2D eigenvalue weighted by Gasteiger charge is -2.35. The summed E-state index contributed by atoms with van der Waals surface area (Å²) in [5.74, 6) is 0.649. The second-order valence-corrected chi connectivity index (χ2v) is 6.75. The fourth-order valence-electron chi connectivity index (χ4n) is 3.13. The van der Waals surface area contributed by atoms with Gasteiger partial charge in [-0.25, -0.2) is 0 Å². The van der Waals surface area contributed by atoms with Gasteiger partial charge in [0.05, 0.1) is 12.3 Å². The summed E-state index contributed by atoms with van der Waals surface area (Å²) in [6.45, 7) is 8.44. The van der Waals surface area contributed by atoms with Crippen molar-refractivity contribution in [3.8, 4) is 0 Å². The molecule has 2 atom stereocenters. The van der Waals surface area contributed by atoms with E-state index >= 15 is 0 Å². The Morgan fingerprint density at radius 2 is 2.29 bits per heavy atom. The van der Waals surface area contributed by atoms with Crippen molar-refractivity contribution in [2.24, 2.45) is 5.92 Å². The second-order valence-electron chi connectivity index (χ2n) is 5.90. The first-order valence-corrected chi connectivity index (χ1v) is 8.71. The molecule has 1 saturated heterocycles. The number of hydrogen-bond acceptors (Lipinski definition) is 3. The summed E-state index contributed by atoms with van der Waals surface area (Å²) in [6.07, 6.45) is 2.52. The van der Waals surface area contributed by atoms with E-state index in [0.717, 1.165) is 26.2 Å². The largest absolute Gasteiger partial charge is 0.384 e. The summed E-state index contributed by atoms with van der Waals surface area (Å²) in [4.78, 5) is 2.49. The Morgan fingerprint density at radius 1 is 1.48 bits per heavy atom. The molecular weight excluding hydrogens is 328 g/mol. The normalized spacial score (nSPS) is 20.6. The lowest BCUT2D eigenvalue weighted by atomic mass is 9.98. The highest BCUT2D eigenvalue weighted by atomic mass is 79.9. The molecule has 118 valence electrons. The van der Waals surface area contributed by atoms with Gasteiger partial charge in [0.15, 0.2) is 0 Å². The number of halogens is 1. The van der Waals surface area contributed by atoms with Crippen LogP contribution in [0.1, 0.15) is 38.3 Å². The van der Waals surface area contributed by atoms with Crippen molar-refractivity contribution in [3.63, 3.8) is 0 Å². The van der Waals surface area contributed by atoms with E-state index in [0.29, 0.717) is 12.0 Å². The van der Waals surface area contributed by atoms with Gasteiger partial charge >= 0.3 is 0 Å². The van der Waals surface area contributed by atoms with Crippen LogP contribution in [0.4, 0.5) is 5.69 Å². The highest BCUT2D eigenvalue weighted by molar-refractivity contribution is 9.10. The van der Waals surface area contributed by atoms with Gasteiger partial charge in [0.1, 0.15) is 0 Å². The number of methoxy groups -OCH3 is 1. The van der Waals surface area contributed by atoms with Crippen molar-refractivity contribution in [2.45, 2.75) is 32.7 Å². The maximum Gasteiger partial charge on any atom is 0.0510 e. The Hall–Kier alpha value is -0.580. The van der Waals surface area contributed by atoms with E-state index in [1.807, 2.05) is 0 Å². The summed E-state index contributed by atoms with van der Waals surface area (Å²) in [6, 6.07) is 7.14. The highest BCUT2D eigenvalue weighted by Gasteiger charge is 2.21. The van der Waals surface area contributed by atoms with Gasteiger partial charge in [-0.2, -0.15) is 0 Å². The Kier molecular flexibility index (Phi) is 6.52. The van der Waals surface area contributed by atoms with Gasteiger partial charge in [0.2, 0.25) is 0 Å². The molecule has 0 aliphatic carbocycles. The van der Waals surface area contributed by atoms with Crippen LogP contribution in [0.2, 0.25) is 0 Å². The molecule has 0 saturated carbocycles. The maximum atomic E-state index is 5.33. The Balaban J connectivity index is 2.09. The van der Waals surface area contributed by atoms with Crippen LogP contribution >= 0.6 is 15.9 Å². The van der Waals surface area contributed by atoms with Gasteiger partial charge in [0.25, 0.3) is 0 Å². The Labute approximate surface area is 137 Å². The maximum absolute atomic E-state index is 5.33. The summed E-state index contributed by atoms with van der Waals surface area (Å²) < 4.78 is 6.52. The standard InChI is InChI=1S/C17H27BrN2O/c1-4-19-13(2)15-7-8-17(16(18)10-15)20-9-5-6-14(11-20)12-21-3/h7-8,10,13-14,19H,4-6,9,11-12H2,1-3H3. The van der Waals surface area contributed by atoms with Gasteiger partial charge in [-0.3, -0.25) is 0 Å². The average molecular weight is 355 g/mol. The highest BCUT2D eigenvalue weighted by Crippen LogP contribution is 2.32. The summed E-state index contributed by atoms with van der Waals surface area (Å²) in [5.41, 5.74) is 2.64. The number of piperidine rings is 1. The van der Waals surface area contributed by atoms with Crippen LogP contribution < -0.4 is 10.2 Å². The zero-order valence-electron chi connectivity index (χ0n) is 13.4. The van der Waals surface area contributed by atoms with Gasteiger partial charge in [-0.15, -0.1) is 0 Å². The minimum absolute atomic E-state index is 0.392. The van der Waals surface area contributed by atoms with Gasteiger partial charge in [0, 0.05) is 30.7 Å². The van der Waals surface area contributed by atoms with Crippen molar-refractivity contribution >= 4 is 21.6 Å². The van der Waals surface area contributed by atoms with Crippen LogP contribution in [0.3, 0.4) is 0 Å². The first-order valence-electron chi connectivity index (χ1n) is 7.92. The molecule has 3 nitrogen and oxygen atoms in total. The fraction of sp³-hybridized carbons (Fsp3) is 0.647. The molecule has 1 aliphatic rings. The predicted octanol–water partition coefficient (Wildman–Crippen LogP) is 3.98. The fourth-order valence-corrected chi connectivity index (χ4v) is 3.78. The molecule has 1 aliphatic heterocycles. The molecular formula is C17H27BrN2O. The second kappa shape index (κ2) is 8.16. The zero-order chi connectivity index (χ0) is 15.2. The Morgan fingerprint density at radius 3 is 2.95 bits per heavy atom. The summed E-state index contributed by atoms with van der Waals surface area (Å²) in [5, 5.41) is 3.46. The third-order valence-electron chi connectivity index (χ3n) is 4.24. The average Bonchev–Trinajstić information content (AvgIpc) is 2.48. The molecule has 1 aromatic carbocycles. The third-order valence-corrected chi connectivity index (χ3v) is 4.88. The molecule has 0 spiro atoms. The molecule has 4 heteroatoms. The van der Waals surface area contributed by atoms with E-state index in [2.05, 4.69) is 58.2 Å². The lowest BCUT2D eigenvalue weighted by molar-refractivity contribution is 0.143. The SMILES string of the molecule is CCNC(C)c1ccc(N2CCCC(COC)C2)c(Br)c1. The van der Waals surface area contributed by atoms with Gasteiger partial charge in [-0.05, 0) is 65.9 Å². The number of hydrogen-bond donors (Lipinski definition) is 1. The van der Waals surface area contributed by atoms with E-state index in [-0.39, 0.29) is 0 Å². The smallest absolute Gasteiger partial charge is 0.0510 e. The topological polar surface area (TPSA) is 24.5 Å². The van der Waals surface area contributed by atoms with Crippen molar-refractivity contribution in [1.29, 1.82) is 0 Å². The third kappa shape index (κ3) is 4.44. The van der Waals surface area contributed by atoms with E-state index in [9.17, 15) is 0 Å². The summed E-state index contributed by atoms with van der Waals surface area (Å²) in [7, 11) is 1.80. The summed E-state index contributed by atoms with van der Waals surface area (Å²) >= 11 is 3.76. The van der Waals surface area contributed by atoms with E-state index in [1.54, 1.807) is 7.11 Å². The lowest BCUT2D eigenvalue weighted by Crippen LogP contribution is -2.37. The molecule has 0 aromatic heterocycles. The molecule has 0 bridgehead atoms. The van der Waals surface area contributed by atoms with Crippen LogP contribution in [-0.2, 0) is 4.74 Å². The van der Waals surface area contributed by atoms with Crippen LogP contribution in [0.15, 0.2) is 22.7 Å². The number of anilines is 1. The quantitative estimate of drug-likeness (QED) is 0.835. The van der Waals surface area contributed by atoms with Crippen LogP contribution in [0.25, 0.3) is 0 Å². The van der Waals surface area contributed by atoms with E-state index in [1.165, 1.54) is 28.6 Å². The molecule has 1 N–H and O–H groups in total. The monoisotopic (exact) mass is 354 g/mol. The van der Waals surface area contributed by atoms with Crippen molar-refractivity contribution in [3.05, 3.63) is 28.2 Å².